The van der Waals surface area contributed by atoms with Crippen molar-refractivity contribution in [2.75, 3.05) is 16.8 Å². The summed E-state index contributed by atoms with van der Waals surface area (Å²) >= 11 is 5.89. The zero-order chi connectivity index (χ0) is 19.3. The molecule has 5 rings (SSSR count). The second-order valence-electron chi connectivity index (χ2n) is 7.49. The molecule has 3 aromatic carbocycles. The molecule has 28 heavy (non-hydrogen) atoms. The topological polar surface area (TPSA) is 49.4 Å². The third-order valence-electron chi connectivity index (χ3n) is 5.75. The number of halogens is 1. The van der Waals surface area contributed by atoms with Crippen molar-refractivity contribution in [1.82, 2.24) is 0 Å². The van der Waals surface area contributed by atoms with Gasteiger partial charge >= 0.3 is 0 Å². The summed E-state index contributed by atoms with van der Waals surface area (Å²) < 4.78 is 0. The van der Waals surface area contributed by atoms with E-state index in [1.165, 1.54) is 16.5 Å². The number of nitrogens with one attached hydrogen (secondary N) is 1. The number of amides is 2. The molecule has 5 heteroatoms. The number of rotatable bonds is 3. The molecule has 3 aromatic rings. The average molecular weight is 391 g/mol. The van der Waals surface area contributed by atoms with E-state index >= 15 is 0 Å². The van der Waals surface area contributed by atoms with Crippen LogP contribution in [0.2, 0.25) is 5.02 Å². The van der Waals surface area contributed by atoms with Gasteiger partial charge in [0.05, 0.1) is 11.6 Å². The summed E-state index contributed by atoms with van der Waals surface area (Å²) in [6.45, 7) is 0.400. The first kappa shape index (κ1) is 17.3. The Bertz CT molecular complexity index is 1100. The molecule has 0 spiro atoms. The van der Waals surface area contributed by atoms with E-state index in [1.807, 2.05) is 6.07 Å². The van der Waals surface area contributed by atoms with Gasteiger partial charge in [0.1, 0.15) is 0 Å². The van der Waals surface area contributed by atoms with E-state index in [9.17, 15) is 9.59 Å². The fourth-order valence-electron chi connectivity index (χ4n) is 4.36. The van der Waals surface area contributed by atoms with Gasteiger partial charge in [-0.3, -0.25) is 9.59 Å². The van der Waals surface area contributed by atoms with Gasteiger partial charge in [0.25, 0.3) is 0 Å². The molecule has 2 amide bonds. The van der Waals surface area contributed by atoms with Crippen molar-refractivity contribution >= 4 is 45.6 Å². The maximum absolute atomic E-state index is 12.7. The van der Waals surface area contributed by atoms with Crippen molar-refractivity contribution in [2.45, 2.75) is 19.3 Å². The monoisotopic (exact) mass is 390 g/mol. The molecule has 1 atom stereocenters. The number of anilines is 2. The minimum Gasteiger partial charge on any atom is -0.326 e. The third kappa shape index (κ3) is 2.85. The average Bonchev–Trinajstić information content (AvgIpc) is 3.29. The van der Waals surface area contributed by atoms with Crippen molar-refractivity contribution in [3.8, 4) is 0 Å². The summed E-state index contributed by atoms with van der Waals surface area (Å²) in [6, 6.07) is 17.4. The molecule has 140 valence electrons. The van der Waals surface area contributed by atoms with E-state index < -0.39 is 0 Å². The van der Waals surface area contributed by atoms with E-state index in [4.69, 9.17) is 11.6 Å². The van der Waals surface area contributed by atoms with E-state index in [0.29, 0.717) is 17.3 Å². The van der Waals surface area contributed by atoms with Gasteiger partial charge < -0.3 is 10.2 Å². The molecule has 1 heterocycles. The van der Waals surface area contributed by atoms with Crippen molar-refractivity contribution < 1.29 is 9.59 Å². The van der Waals surface area contributed by atoms with Gasteiger partial charge in [-0.1, -0.05) is 35.9 Å². The molecular formula is C23H19ClN2O2. The highest BCUT2D eigenvalue weighted by Crippen LogP contribution is 2.38. The molecule has 1 fully saturated rings. The lowest BCUT2D eigenvalue weighted by Crippen LogP contribution is -2.28. The van der Waals surface area contributed by atoms with Crippen molar-refractivity contribution in [1.29, 1.82) is 0 Å². The number of hydrogen-bond acceptors (Lipinski definition) is 2. The highest BCUT2D eigenvalue weighted by atomic mass is 35.5. The first-order valence-electron chi connectivity index (χ1n) is 9.50. The second-order valence-corrected chi connectivity index (χ2v) is 7.92. The molecule has 2 aliphatic rings. The van der Waals surface area contributed by atoms with Crippen molar-refractivity contribution in [3.05, 3.63) is 70.7 Å². The number of aryl methyl sites for hydroxylation is 2. The predicted molar refractivity (Wildman–Crippen MR) is 112 cm³/mol. The van der Waals surface area contributed by atoms with Gasteiger partial charge in [0.15, 0.2) is 0 Å². The molecule has 1 aliphatic heterocycles. The van der Waals surface area contributed by atoms with Crippen LogP contribution in [0.5, 0.6) is 0 Å². The van der Waals surface area contributed by atoms with Gasteiger partial charge in [0.2, 0.25) is 11.8 Å². The number of carbonyl (C=O) groups excluding carboxylic acids is 2. The lowest BCUT2D eigenvalue weighted by molar-refractivity contribution is -0.122. The highest BCUT2D eigenvalue weighted by molar-refractivity contribution is 6.30. The van der Waals surface area contributed by atoms with E-state index in [2.05, 4.69) is 29.6 Å². The molecule has 4 nitrogen and oxygen atoms in total. The minimum absolute atomic E-state index is 0.00467. The molecule has 0 aromatic heterocycles. The predicted octanol–water partition coefficient (Wildman–Crippen LogP) is 4.58. The summed E-state index contributed by atoms with van der Waals surface area (Å²) in [7, 11) is 0. The Labute approximate surface area is 168 Å². The van der Waals surface area contributed by atoms with Gasteiger partial charge in [-0.15, -0.1) is 0 Å². The summed E-state index contributed by atoms with van der Waals surface area (Å²) in [5, 5.41) is 5.90. The molecule has 0 unspecified atom stereocenters. The van der Waals surface area contributed by atoms with E-state index in [1.54, 1.807) is 29.2 Å². The number of hydrogen-bond donors (Lipinski definition) is 1. The van der Waals surface area contributed by atoms with Crippen molar-refractivity contribution in [3.63, 3.8) is 0 Å². The number of carbonyl (C=O) groups is 2. The molecule has 1 N–H and O–H groups in total. The van der Waals surface area contributed by atoms with Crippen molar-refractivity contribution in [2.24, 2.45) is 5.92 Å². The molecule has 1 saturated heterocycles. The fraction of sp³-hybridized carbons (Fsp3) is 0.217. The van der Waals surface area contributed by atoms with E-state index in [-0.39, 0.29) is 24.2 Å². The summed E-state index contributed by atoms with van der Waals surface area (Å²) in [5.74, 6) is -0.509. The van der Waals surface area contributed by atoms with E-state index in [0.717, 1.165) is 23.9 Å². The van der Waals surface area contributed by atoms with Gasteiger partial charge in [-0.05, 0) is 59.7 Å². The summed E-state index contributed by atoms with van der Waals surface area (Å²) in [5.41, 5.74) is 4.29. The van der Waals surface area contributed by atoms with Gasteiger partial charge in [-0.2, -0.15) is 0 Å². The lowest BCUT2D eigenvalue weighted by Gasteiger charge is -2.20. The standard InChI is InChI=1S/C23H19ClN2O2/c24-17-7-9-18(10-8-17)25-23(28)16-12-21(27)26(13-16)20-11-6-15-5-4-14-2-1-3-19(20)22(14)15/h1-3,6-11,16H,4-5,12-13H2,(H,25,28)/t16-/m1/s1. The highest BCUT2D eigenvalue weighted by Gasteiger charge is 2.36. The van der Waals surface area contributed by atoms with Crippen LogP contribution in [0, 0.1) is 5.92 Å². The lowest BCUT2D eigenvalue weighted by atomic mass is 10.0. The second kappa shape index (κ2) is 6.64. The smallest absolute Gasteiger partial charge is 0.229 e. The Morgan fingerprint density at radius 1 is 1.00 bits per heavy atom. The van der Waals surface area contributed by atoms with Crippen LogP contribution in [0.4, 0.5) is 11.4 Å². The Morgan fingerprint density at radius 2 is 1.75 bits per heavy atom. The number of benzene rings is 3. The summed E-state index contributed by atoms with van der Waals surface area (Å²) in [4.78, 5) is 27.2. The largest absolute Gasteiger partial charge is 0.326 e. The van der Waals surface area contributed by atoms with Gasteiger partial charge in [-0.25, -0.2) is 0 Å². The number of nitrogens with zero attached hydrogens (tertiary/aromatic N) is 1. The van der Waals surface area contributed by atoms with Crippen LogP contribution < -0.4 is 10.2 Å². The zero-order valence-corrected chi connectivity index (χ0v) is 16.0. The maximum atomic E-state index is 12.7. The van der Waals surface area contributed by atoms with Crippen LogP contribution in [-0.2, 0) is 22.4 Å². The SMILES string of the molecule is O=C(Nc1ccc(Cl)cc1)[C@@H]1CC(=O)N(c2ccc3c4c(cccc24)CC3)C1. The summed E-state index contributed by atoms with van der Waals surface area (Å²) in [6.07, 6.45) is 2.33. The molecular weight excluding hydrogens is 372 g/mol. The molecule has 0 radical (unpaired) electrons. The first-order valence-corrected chi connectivity index (χ1v) is 9.88. The Morgan fingerprint density at radius 3 is 2.54 bits per heavy atom. The minimum atomic E-state index is -0.369. The zero-order valence-electron chi connectivity index (χ0n) is 15.2. The Kier molecular flexibility index (Phi) is 4.09. The molecule has 0 saturated carbocycles. The molecule has 1 aliphatic carbocycles. The maximum Gasteiger partial charge on any atom is 0.229 e. The Hall–Kier alpha value is -2.85. The third-order valence-corrected chi connectivity index (χ3v) is 6.00. The van der Waals surface area contributed by atoms with Crippen LogP contribution in [0.15, 0.2) is 54.6 Å². The van der Waals surface area contributed by atoms with Crippen LogP contribution in [-0.4, -0.2) is 18.4 Å². The normalized spacial score (nSPS) is 18.1. The quantitative estimate of drug-likeness (QED) is 0.711. The van der Waals surface area contributed by atoms with Gasteiger partial charge in [0, 0.05) is 29.1 Å². The fourth-order valence-corrected chi connectivity index (χ4v) is 4.49. The first-order chi connectivity index (χ1) is 13.6. The molecule has 0 bridgehead atoms. The van der Waals surface area contributed by atoms with Crippen LogP contribution in [0.3, 0.4) is 0 Å². The van der Waals surface area contributed by atoms with Crippen LogP contribution in [0.1, 0.15) is 17.5 Å². The van der Waals surface area contributed by atoms with Crippen LogP contribution in [0.25, 0.3) is 10.8 Å². The Balaban J connectivity index is 1.41. The van der Waals surface area contributed by atoms with Crippen LogP contribution >= 0.6 is 11.6 Å².